The van der Waals surface area contributed by atoms with Crippen molar-refractivity contribution in [2.24, 2.45) is 0 Å². The standard InChI is InChI=1S/C25H23Cl2N5O3S2/c26-18-3-2-15(11-19(18)27)10-17-13-28-24(37-17)21-22(33)25(34)31-14-16(30-5-7-35-8-6-30)12-20(23(31)29-21)32-4-1-9-36-32/h2-3,11-14,33H,1,4-10H2. The highest BCUT2D eigenvalue weighted by atomic mass is 35.5. The molecule has 1 aromatic carbocycles. The molecule has 192 valence electrons. The lowest BCUT2D eigenvalue weighted by Gasteiger charge is -2.30. The molecule has 2 aliphatic heterocycles. The van der Waals surface area contributed by atoms with Crippen molar-refractivity contribution in [3.63, 3.8) is 0 Å². The Morgan fingerprint density at radius 2 is 1.95 bits per heavy atom. The van der Waals surface area contributed by atoms with Crippen LogP contribution in [0.15, 0.2) is 41.5 Å². The van der Waals surface area contributed by atoms with E-state index in [2.05, 4.69) is 20.3 Å². The van der Waals surface area contributed by atoms with E-state index < -0.39 is 11.3 Å². The van der Waals surface area contributed by atoms with Crippen LogP contribution in [0.1, 0.15) is 16.9 Å². The summed E-state index contributed by atoms with van der Waals surface area (Å²) in [6, 6.07) is 7.59. The molecule has 2 fully saturated rings. The first-order valence-electron chi connectivity index (χ1n) is 11.9. The number of anilines is 2. The minimum atomic E-state index is -0.512. The SMILES string of the molecule is O=c1c(O)c(-c2ncc(Cc3ccc(Cl)c(Cl)c3)s2)nc2c(N3CCCS3)cc(N3CCOCC3)cn12. The smallest absolute Gasteiger partial charge is 0.300 e. The summed E-state index contributed by atoms with van der Waals surface area (Å²) in [4.78, 5) is 25.9. The Morgan fingerprint density at radius 3 is 2.70 bits per heavy atom. The van der Waals surface area contributed by atoms with Gasteiger partial charge in [0.25, 0.3) is 0 Å². The Hall–Kier alpha value is -2.50. The maximum Gasteiger partial charge on any atom is 0.300 e. The number of aromatic nitrogens is 3. The summed E-state index contributed by atoms with van der Waals surface area (Å²) >= 11 is 15.3. The summed E-state index contributed by atoms with van der Waals surface area (Å²) in [6.45, 7) is 3.62. The van der Waals surface area contributed by atoms with E-state index in [0.29, 0.717) is 40.3 Å². The summed E-state index contributed by atoms with van der Waals surface area (Å²) in [6.07, 6.45) is 5.16. The van der Waals surface area contributed by atoms with Crippen LogP contribution >= 0.6 is 46.5 Å². The monoisotopic (exact) mass is 575 g/mol. The normalized spacial score (nSPS) is 16.2. The number of hydrogen-bond donors (Lipinski definition) is 1. The second-order valence-corrected chi connectivity index (χ2v) is 11.9. The first kappa shape index (κ1) is 24.8. The summed E-state index contributed by atoms with van der Waals surface area (Å²) in [5, 5.41) is 12.4. The van der Waals surface area contributed by atoms with E-state index >= 15 is 0 Å². The van der Waals surface area contributed by atoms with Crippen molar-refractivity contribution in [2.45, 2.75) is 12.8 Å². The largest absolute Gasteiger partial charge is 0.501 e. The maximum atomic E-state index is 13.4. The van der Waals surface area contributed by atoms with Crippen molar-refractivity contribution in [2.75, 3.05) is 47.8 Å². The number of halogens is 2. The third-order valence-corrected chi connectivity index (χ3v) is 9.29. The lowest BCUT2D eigenvalue weighted by molar-refractivity contribution is 0.122. The van der Waals surface area contributed by atoms with Crippen molar-refractivity contribution in [3.05, 3.63) is 67.5 Å². The van der Waals surface area contributed by atoms with Gasteiger partial charge in [0, 0.05) is 49.1 Å². The maximum absolute atomic E-state index is 13.4. The molecule has 6 rings (SSSR count). The molecular weight excluding hydrogens is 553 g/mol. The molecule has 2 aliphatic rings. The predicted molar refractivity (Wildman–Crippen MR) is 151 cm³/mol. The van der Waals surface area contributed by atoms with Gasteiger partial charge in [0.1, 0.15) is 10.7 Å². The molecule has 8 nitrogen and oxygen atoms in total. The minimum Gasteiger partial charge on any atom is -0.501 e. The van der Waals surface area contributed by atoms with Gasteiger partial charge in [-0.15, -0.1) is 11.3 Å². The third-order valence-electron chi connectivity index (χ3n) is 6.38. The molecule has 4 aromatic rings. The van der Waals surface area contributed by atoms with Crippen LogP contribution in [0.3, 0.4) is 0 Å². The van der Waals surface area contributed by atoms with E-state index in [4.69, 9.17) is 32.9 Å². The van der Waals surface area contributed by atoms with E-state index in [1.165, 1.54) is 15.7 Å². The molecule has 0 bridgehead atoms. The van der Waals surface area contributed by atoms with E-state index in [-0.39, 0.29) is 5.69 Å². The highest BCUT2D eigenvalue weighted by Gasteiger charge is 2.25. The van der Waals surface area contributed by atoms with Gasteiger partial charge in [-0.05, 0) is 42.1 Å². The number of aromatic hydroxyl groups is 1. The second-order valence-electron chi connectivity index (χ2n) is 8.84. The number of fused-ring (bicyclic) bond motifs is 1. The van der Waals surface area contributed by atoms with Gasteiger partial charge in [-0.3, -0.25) is 9.20 Å². The number of nitrogens with zero attached hydrogens (tertiary/aromatic N) is 5. The van der Waals surface area contributed by atoms with E-state index in [1.54, 1.807) is 30.4 Å². The van der Waals surface area contributed by atoms with E-state index in [9.17, 15) is 9.90 Å². The van der Waals surface area contributed by atoms with Crippen molar-refractivity contribution in [1.82, 2.24) is 14.4 Å². The number of pyridine rings is 1. The van der Waals surface area contributed by atoms with Gasteiger partial charge < -0.3 is 19.0 Å². The fourth-order valence-corrected chi connectivity index (χ4v) is 6.78. The first-order valence-corrected chi connectivity index (χ1v) is 14.4. The van der Waals surface area contributed by atoms with Crippen LogP contribution in [0, 0.1) is 0 Å². The number of thiazole rings is 1. The van der Waals surface area contributed by atoms with Crippen LogP contribution in [0.25, 0.3) is 16.3 Å². The average Bonchev–Trinajstić information content (AvgIpc) is 3.61. The highest BCUT2D eigenvalue weighted by Crippen LogP contribution is 2.37. The van der Waals surface area contributed by atoms with E-state index in [0.717, 1.165) is 53.6 Å². The Kier molecular flexibility index (Phi) is 6.93. The van der Waals surface area contributed by atoms with Gasteiger partial charge >= 0.3 is 5.56 Å². The Labute approximate surface area is 231 Å². The number of benzene rings is 1. The second kappa shape index (κ2) is 10.3. The summed E-state index contributed by atoms with van der Waals surface area (Å²) in [5.74, 6) is 0.598. The molecule has 0 atom stereocenters. The zero-order valence-corrected chi connectivity index (χ0v) is 22.8. The highest BCUT2D eigenvalue weighted by molar-refractivity contribution is 8.00. The number of ether oxygens (including phenoxy) is 1. The molecule has 0 amide bonds. The molecule has 5 heterocycles. The average molecular weight is 577 g/mol. The molecule has 1 N–H and O–H groups in total. The number of rotatable bonds is 5. The Morgan fingerprint density at radius 1 is 1.11 bits per heavy atom. The fraction of sp³-hybridized carbons (Fsp3) is 0.320. The van der Waals surface area contributed by atoms with Gasteiger partial charge in [0.15, 0.2) is 5.65 Å². The molecular formula is C25H23Cl2N5O3S2. The van der Waals surface area contributed by atoms with Crippen molar-refractivity contribution < 1.29 is 9.84 Å². The van der Waals surface area contributed by atoms with E-state index in [1.807, 2.05) is 12.1 Å². The van der Waals surface area contributed by atoms with Gasteiger partial charge in [0.05, 0.1) is 34.6 Å². The zero-order chi connectivity index (χ0) is 25.5. The Balaban J connectivity index is 1.42. The van der Waals surface area contributed by atoms with Crippen molar-refractivity contribution in [1.29, 1.82) is 0 Å². The zero-order valence-electron chi connectivity index (χ0n) is 19.7. The van der Waals surface area contributed by atoms with Crippen LogP contribution in [0.5, 0.6) is 5.75 Å². The quantitative estimate of drug-likeness (QED) is 0.328. The van der Waals surface area contributed by atoms with Crippen LogP contribution < -0.4 is 14.8 Å². The van der Waals surface area contributed by atoms with Crippen LogP contribution in [0.2, 0.25) is 10.0 Å². The van der Waals surface area contributed by atoms with Crippen molar-refractivity contribution in [3.8, 4) is 16.5 Å². The van der Waals surface area contributed by atoms with Crippen LogP contribution in [-0.2, 0) is 11.2 Å². The topological polar surface area (TPSA) is 83.2 Å². The fourth-order valence-electron chi connectivity index (χ4n) is 4.51. The lowest BCUT2D eigenvalue weighted by Crippen LogP contribution is -2.36. The molecule has 0 radical (unpaired) electrons. The van der Waals surface area contributed by atoms with Crippen molar-refractivity contribution >= 4 is 63.5 Å². The minimum absolute atomic E-state index is 0.194. The van der Waals surface area contributed by atoms with Gasteiger partial charge in [-0.2, -0.15) is 0 Å². The van der Waals surface area contributed by atoms with Crippen LogP contribution in [-0.4, -0.2) is 58.1 Å². The van der Waals surface area contributed by atoms with Gasteiger partial charge in [-0.25, -0.2) is 9.97 Å². The third kappa shape index (κ3) is 4.88. The molecule has 0 saturated carbocycles. The molecule has 12 heteroatoms. The van der Waals surface area contributed by atoms with Gasteiger partial charge in [0.2, 0.25) is 5.75 Å². The molecule has 0 spiro atoms. The lowest BCUT2D eigenvalue weighted by atomic mass is 10.1. The molecule has 0 aliphatic carbocycles. The molecule has 37 heavy (non-hydrogen) atoms. The Bertz CT molecular complexity index is 1530. The molecule has 2 saturated heterocycles. The van der Waals surface area contributed by atoms with Crippen LogP contribution in [0.4, 0.5) is 11.4 Å². The molecule has 3 aromatic heterocycles. The predicted octanol–water partition coefficient (Wildman–Crippen LogP) is 5.12. The molecule has 0 unspecified atom stereocenters. The summed E-state index contributed by atoms with van der Waals surface area (Å²) < 4.78 is 9.15. The summed E-state index contributed by atoms with van der Waals surface area (Å²) in [5.41, 5.74) is 2.95. The number of morpholine rings is 1. The van der Waals surface area contributed by atoms with Gasteiger partial charge in [-0.1, -0.05) is 29.3 Å². The summed E-state index contributed by atoms with van der Waals surface area (Å²) in [7, 11) is 0. The first-order chi connectivity index (χ1) is 18.0. The number of hydrogen-bond acceptors (Lipinski definition) is 9.